The molecule has 1 N–H and O–H groups in total. The lowest BCUT2D eigenvalue weighted by Crippen LogP contribution is -2.47. The van der Waals surface area contributed by atoms with E-state index in [4.69, 9.17) is 0 Å². The van der Waals surface area contributed by atoms with Gasteiger partial charge in [-0.1, -0.05) is 32.6 Å². The Balaban J connectivity index is 1.81. The lowest BCUT2D eigenvalue weighted by atomic mass is 9.72. The molecular weight excluding hydrogens is 146 g/mol. The predicted octanol–water partition coefficient (Wildman–Crippen LogP) is 2.42. The van der Waals surface area contributed by atoms with Crippen LogP contribution >= 0.6 is 0 Å². The second-order valence-electron chi connectivity index (χ2n) is 4.62. The molecule has 1 saturated heterocycles. The Morgan fingerprint density at radius 1 is 1.17 bits per heavy atom. The van der Waals surface area contributed by atoms with Crippen LogP contribution in [0.2, 0.25) is 0 Å². The van der Waals surface area contributed by atoms with Gasteiger partial charge in [0.1, 0.15) is 0 Å². The molecule has 0 bridgehead atoms. The maximum Gasteiger partial charge on any atom is -0.000559 e. The van der Waals surface area contributed by atoms with Gasteiger partial charge in [0.15, 0.2) is 0 Å². The average molecular weight is 167 g/mol. The van der Waals surface area contributed by atoms with E-state index in [0.717, 1.165) is 17.8 Å². The smallest absolute Gasteiger partial charge is 0.000559 e. The summed E-state index contributed by atoms with van der Waals surface area (Å²) in [6, 6.07) is 0. The zero-order valence-electron chi connectivity index (χ0n) is 8.18. The fourth-order valence-corrected chi connectivity index (χ4v) is 2.78. The van der Waals surface area contributed by atoms with Crippen LogP contribution in [0.25, 0.3) is 0 Å². The maximum absolute atomic E-state index is 3.39. The van der Waals surface area contributed by atoms with Crippen molar-refractivity contribution in [3.05, 3.63) is 0 Å². The molecule has 1 saturated carbocycles. The standard InChI is InChI=1S/C11H21N/c1-2-9-4-3-5-10(6-9)11-7-12-8-11/h9-12H,2-8H2,1H3. The Kier molecular flexibility index (Phi) is 2.69. The fraction of sp³-hybridized carbons (Fsp3) is 1.00. The summed E-state index contributed by atoms with van der Waals surface area (Å²) in [4.78, 5) is 0. The molecule has 0 amide bonds. The molecule has 2 fully saturated rings. The van der Waals surface area contributed by atoms with Crippen LogP contribution in [0, 0.1) is 17.8 Å². The van der Waals surface area contributed by atoms with Crippen molar-refractivity contribution in [2.24, 2.45) is 17.8 Å². The number of hydrogen-bond donors (Lipinski definition) is 1. The van der Waals surface area contributed by atoms with Crippen molar-refractivity contribution in [2.45, 2.75) is 39.0 Å². The van der Waals surface area contributed by atoms with E-state index in [0.29, 0.717) is 0 Å². The molecule has 0 spiro atoms. The van der Waals surface area contributed by atoms with E-state index in [1.54, 1.807) is 0 Å². The first kappa shape index (κ1) is 8.55. The van der Waals surface area contributed by atoms with Crippen LogP contribution in [0.1, 0.15) is 39.0 Å². The summed E-state index contributed by atoms with van der Waals surface area (Å²) in [5.41, 5.74) is 0. The minimum Gasteiger partial charge on any atom is -0.316 e. The van der Waals surface area contributed by atoms with Gasteiger partial charge >= 0.3 is 0 Å². The third kappa shape index (κ3) is 1.66. The highest BCUT2D eigenvalue weighted by Crippen LogP contribution is 2.36. The summed E-state index contributed by atoms with van der Waals surface area (Å²) in [6.07, 6.45) is 7.47. The first-order valence-corrected chi connectivity index (χ1v) is 5.61. The molecule has 2 aliphatic rings. The molecule has 1 heteroatoms. The van der Waals surface area contributed by atoms with E-state index in [9.17, 15) is 0 Å². The predicted molar refractivity (Wildman–Crippen MR) is 52.1 cm³/mol. The van der Waals surface area contributed by atoms with E-state index < -0.39 is 0 Å². The topological polar surface area (TPSA) is 12.0 Å². The van der Waals surface area contributed by atoms with Crippen molar-refractivity contribution in [1.82, 2.24) is 5.32 Å². The Labute approximate surface area is 75.9 Å². The molecule has 1 aliphatic carbocycles. The summed E-state index contributed by atoms with van der Waals surface area (Å²) in [6.45, 7) is 4.97. The van der Waals surface area contributed by atoms with Gasteiger partial charge in [-0.05, 0) is 37.3 Å². The van der Waals surface area contributed by atoms with E-state index in [1.807, 2.05) is 0 Å². The third-order valence-corrected chi connectivity index (χ3v) is 3.88. The molecule has 1 aliphatic heterocycles. The molecule has 0 radical (unpaired) electrons. The minimum absolute atomic E-state index is 1.04. The Morgan fingerprint density at radius 3 is 2.58 bits per heavy atom. The Morgan fingerprint density at radius 2 is 2.00 bits per heavy atom. The number of nitrogens with one attached hydrogen (secondary N) is 1. The zero-order valence-corrected chi connectivity index (χ0v) is 8.18. The summed E-state index contributed by atoms with van der Waals surface area (Å²) in [5.74, 6) is 3.17. The van der Waals surface area contributed by atoms with Crippen LogP contribution in [0.5, 0.6) is 0 Å². The third-order valence-electron chi connectivity index (χ3n) is 3.88. The molecule has 0 aromatic heterocycles. The summed E-state index contributed by atoms with van der Waals surface area (Å²) < 4.78 is 0. The van der Waals surface area contributed by atoms with Crippen molar-refractivity contribution < 1.29 is 0 Å². The van der Waals surface area contributed by atoms with Crippen LogP contribution in [0.15, 0.2) is 0 Å². The van der Waals surface area contributed by atoms with Crippen molar-refractivity contribution in [2.75, 3.05) is 13.1 Å². The number of hydrogen-bond acceptors (Lipinski definition) is 1. The summed E-state index contributed by atoms with van der Waals surface area (Å²) >= 11 is 0. The quantitative estimate of drug-likeness (QED) is 0.666. The molecule has 2 atom stereocenters. The van der Waals surface area contributed by atoms with Crippen LogP contribution in [0.3, 0.4) is 0 Å². The van der Waals surface area contributed by atoms with Crippen LogP contribution in [0.4, 0.5) is 0 Å². The second kappa shape index (κ2) is 3.78. The van der Waals surface area contributed by atoms with Gasteiger partial charge in [-0.25, -0.2) is 0 Å². The maximum atomic E-state index is 3.39. The number of rotatable bonds is 2. The van der Waals surface area contributed by atoms with E-state index in [1.165, 1.54) is 45.2 Å². The van der Waals surface area contributed by atoms with Crippen LogP contribution in [-0.2, 0) is 0 Å². The van der Waals surface area contributed by atoms with Gasteiger partial charge in [-0.2, -0.15) is 0 Å². The first-order valence-electron chi connectivity index (χ1n) is 5.61. The van der Waals surface area contributed by atoms with Gasteiger partial charge < -0.3 is 5.32 Å². The lowest BCUT2D eigenvalue weighted by molar-refractivity contribution is 0.147. The molecule has 12 heavy (non-hydrogen) atoms. The Hall–Kier alpha value is -0.0400. The Bertz CT molecular complexity index is 140. The van der Waals surface area contributed by atoms with Crippen molar-refractivity contribution in [1.29, 1.82) is 0 Å². The van der Waals surface area contributed by atoms with E-state index in [2.05, 4.69) is 12.2 Å². The average Bonchev–Trinajstić information content (AvgIpc) is 2.02. The normalized spacial score (nSPS) is 37.8. The van der Waals surface area contributed by atoms with Gasteiger partial charge in [0, 0.05) is 0 Å². The van der Waals surface area contributed by atoms with Crippen molar-refractivity contribution in [3.63, 3.8) is 0 Å². The highest BCUT2D eigenvalue weighted by molar-refractivity contribution is 4.85. The van der Waals surface area contributed by atoms with Crippen molar-refractivity contribution >= 4 is 0 Å². The monoisotopic (exact) mass is 167 g/mol. The highest BCUT2D eigenvalue weighted by atomic mass is 14.9. The van der Waals surface area contributed by atoms with Crippen LogP contribution in [-0.4, -0.2) is 13.1 Å². The summed E-state index contributed by atoms with van der Waals surface area (Å²) in [7, 11) is 0. The molecule has 2 unspecified atom stereocenters. The minimum atomic E-state index is 1.04. The van der Waals surface area contributed by atoms with E-state index >= 15 is 0 Å². The highest BCUT2D eigenvalue weighted by Gasteiger charge is 2.30. The molecule has 1 heterocycles. The second-order valence-corrected chi connectivity index (χ2v) is 4.62. The fourth-order valence-electron chi connectivity index (χ4n) is 2.78. The van der Waals surface area contributed by atoms with Gasteiger partial charge in [0.2, 0.25) is 0 Å². The van der Waals surface area contributed by atoms with Crippen LogP contribution < -0.4 is 5.32 Å². The molecule has 70 valence electrons. The zero-order chi connectivity index (χ0) is 8.39. The van der Waals surface area contributed by atoms with Gasteiger partial charge in [-0.15, -0.1) is 0 Å². The molecular formula is C11H21N. The van der Waals surface area contributed by atoms with Crippen molar-refractivity contribution in [3.8, 4) is 0 Å². The molecule has 0 aromatic carbocycles. The molecule has 1 nitrogen and oxygen atoms in total. The SMILES string of the molecule is CCC1CCCC(C2CNC2)C1. The van der Waals surface area contributed by atoms with Gasteiger partial charge in [-0.3, -0.25) is 0 Å². The van der Waals surface area contributed by atoms with E-state index in [-0.39, 0.29) is 0 Å². The van der Waals surface area contributed by atoms with Gasteiger partial charge in [0.25, 0.3) is 0 Å². The largest absolute Gasteiger partial charge is 0.316 e. The first-order chi connectivity index (χ1) is 5.90. The molecule has 2 rings (SSSR count). The van der Waals surface area contributed by atoms with Gasteiger partial charge in [0.05, 0.1) is 0 Å². The molecule has 0 aromatic rings. The lowest BCUT2D eigenvalue weighted by Gasteiger charge is -2.39. The summed E-state index contributed by atoms with van der Waals surface area (Å²) in [5, 5.41) is 3.39.